The molecule has 37 heavy (non-hydrogen) atoms. The Hall–Kier alpha value is 0.637. The van der Waals surface area contributed by atoms with E-state index in [1.165, 1.54) is 13.8 Å². The summed E-state index contributed by atoms with van der Waals surface area (Å²) in [5.41, 5.74) is 0. The summed E-state index contributed by atoms with van der Waals surface area (Å²) >= 11 is -9.84. The average molecular weight is 788 g/mol. The molecule has 224 valence electrons. The van der Waals surface area contributed by atoms with Crippen LogP contribution in [-0.2, 0) is 7.56 Å². The van der Waals surface area contributed by atoms with Gasteiger partial charge >= 0.3 is 220 Å². The predicted molar refractivity (Wildman–Crippen MR) is 116 cm³/mol. The molecule has 0 spiro atoms. The number of alkyl halides is 12. The standard InChI is InChI=1S/4C4H6F3.2C2H5O.O.2Sn/c4*1-2-3-4(5,6)7;2*1-2-3;;;/h4*1-3H2;2*2H2,1H3;;;/q;;;;2*-1;;2*+1. The molecule has 0 aliphatic rings. The summed E-state index contributed by atoms with van der Waals surface area (Å²) in [5.74, 6) is 0. The van der Waals surface area contributed by atoms with Crippen LogP contribution in [0.4, 0.5) is 52.7 Å². The third-order valence-corrected chi connectivity index (χ3v) is 39.0. The molecule has 0 bridgehead atoms. The van der Waals surface area contributed by atoms with Gasteiger partial charge in [-0.2, -0.15) is 0 Å². The Morgan fingerprint density at radius 1 is 0.432 bits per heavy atom. The molecular formula is C20H34F12O3Sn2. The van der Waals surface area contributed by atoms with Crippen LogP contribution in [0.2, 0.25) is 17.7 Å². The van der Waals surface area contributed by atoms with Gasteiger partial charge < -0.3 is 0 Å². The summed E-state index contributed by atoms with van der Waals surface area (Å²) < 4.78 is 170. The van der Waals surface area contributed by atoms with E-state index >= 15 is 0 Å². The normalized spacial score (nSPS) is 14.4. The van der Waals surface area contributed by atoms with Crippen molar-refractivity contribution in [2.24, 2.45) is 0 Å². The number of hydrogen-bond donors (Lipinski definition) is 0. The fraction of sp³-hybridized carbons (Fsp3) is 1.00. The predicted octanol–water partition coefficient (Wildman–Crippen LogP) is 9.33. The molecule has 0 radical (unpaired) electrons. The molecule has 0 heterocycles. The molecule has 0 aromatic carbocycles. The van der Waals surface area contributed by atoms with Crippen molar-refractivity contribution in [3.63, 3.8) is 0 Å². The maximum absolute atomic E-state index is 12.8. The van der Waals surface area contributed by atoms with Crippen molar-refractivity contribution in [2.45, 2.75) is 108 Å². The monoisotopic (exact) mass is 790 g/mol. The number of hydrogen-bond acceptors (Lipinski definition) is 3. The summed E-state index contributed by atoms with van der Waals surface area (Å²) in [6.45, 7) is 2.64. The Kier molecular flexibility index (Phi) is 16.5. The first-order valence-electron chi connectivity index (χ1n) is 11.9. The van der Waals surface area contributed by atoms with Crippen LogP contribution in [0.3, 0.4) is 0 Å². The van der Waals surface area contributed by atoms with E-state index in [-0.39, 0.29) is 31.0 Å². The van der Waals surface area contributed by atoms with Crippen molar-refractivity contribution >= 4 is 38.4 Å². The third-order valence-electron chi connectivity index (χ3n) is 5.26. The molecule has 0 atom stereocenters. The Morgan fingerprint density at radius 2 is 0.649 bits per heavy atom. The summed E-state index contributed by atoms with van der Waals surface area (Å²) in [7, 11) is 0. The molecule has 0 aromatic heterocycles. The zero-order valence-corrected chi connectivity index (χ0v) is 26.4. The number of halogens is 12. The first-order valence-corrected chi connectivity index (χ1v) is 24.6. The number of rotatable bonds is 18. The van der Waals surface area contributed by atoms with Gasteiger partial charge in [0.05, 0.1) is 0 Å². The van der Waals surface area contributed by atoms with Gasteiger partial charge in [-0.25, -0.2) is 0 Å². The van der Waals surface area contributed by atoms with Gasteiger partial charge in [0.1, 0.15) is 0 Å². The second-order valence-electron chi connectivity index (χ2n) is 8.66. The molecule has 0 aromatic rings. The van der Waals surface area contributed by atoms with Crippen LogP contribution < -0.4 is 0 Å². The molecule has 17 heteroatoms. The molecule has 0 amide bonds. The van der Waals surface area contributed by atoms with Crippen LogP contribution in [0.15, 0.2) is 0 Å². The molecule has 0 aliphatic heterocycles. The zero-order valence-electron chi connectivity index (χ0n) is 20.7. The molecule has 0 saturated heterocycles. The van der Waals surface area contributed by atoms with E-state index in [2.05, 4.69) is 0 Å². The van der Waals surface area contributed by atoms with Gasteiger partial charge in [-0.3, -0.25) is 0 Å². The van der Waals surface area contributed by atoms with Crippen molar-refractivity contribution in [3.05, 3.63) is 0 Å². The van der Waals surface area contributed by atoms with Gasteiger partial charge in [-0.15, -0.1) is 0 Å². The summed E-state index contributed by atoms with van der Waals surface area (Å²) in [4.78, 5) is 0. The maximum atomic E-state index is 12.8. The van der Waals surface area contributed by atoms with Crippen molar-refractivity contribution in [2.75, 3.05) is 13.2 Å². The van der Waals surface area contributed by atoms with Crippen LogP contribution in [-0.4, -0.2) is 76.3 Å². The van der Waals surface area contributed by atoms with Crippen molar-refractivity contribution in [3.8, 4) is 0 Å². The van der Waals surface area contributed by atoms with E-state index < -0.39 is 114 Å². The minimum absolute atomic E-state index is 0.132. The minimum atomic E-state index is -4.92. The van der Waals surface area contributed by atoms with Gasteiger partial charge in [0, 0.05) is 0 Å². The molecular weight excluding hydrogens is 754 g/mol. The Labute approximate surface area is 218 Å². The summed E-state index contributed by atoms with van der Waals surface area (Å²) in [6.07, 6.45) is -25.6. The molecule has 0 N–H and O–H groups in total. The quantitative estimate of drug-likeness (QED) is 0.102. The molecule has 3 nitrogen and oxygen atoms in total. The van der Waals surface area contributed by atoms with Gasteiger partial charge in [0.2, 0.25) is 0 Å². The first kappa shape index (κ1) is 37.6. The van der Waals surface area contributed by atoms with Crippen LogP contribution in [0.25, 0.3) is 0 Å². The van der Waals surface area contributed by atoms with Crippen molar-refractivity contribution in [1.29, 1.82) is 0 Å². The van der Waals surface area contributed by atoms with E-state index in [1.54, 1.807) is 0 Å². The van der Waals surface area contributed by atoms with Crippen LogP contribution in [0.5, 0.6) is 0 Å². The average Bonchev–Trinajstić information content (AvgIpc) is 2.64. The topological polar surface area (TPSA) is 27.7 Å². The van der Waals surface area contributed by atoms with E-state index in [4.69, 9.17) is 7.56 Å². The van der Waals surface area contributed by atoms with E-state index in [0.29, 0.717) is 0 Å². The van der Waals surface area contributed by atoms with Gasteiger partial charge in [-0.1, -0.05) is 0 Å². The Bertz CT molecular complexity index is 530. The van der Waals surface area contributed by atoms with E-state index in [0.717, 1.165) is 0 Å². The van der Waals surface area contributed by atoms with Gasteiger partial charge in [0.25, 0.3) is 0 Å². The van der Waals surface area contributed by atoms with Crippen LogP contribution >= 0.6 is 0 Å². The van der Waals surface area contributed by atoms with E-state index in [1.807, 2.05) is 0 Å². The Morgan fingerprint density at radius 3 is 0.811 bits per heavy atom. The molecule has 0 saturated carbocycles. The SMILES string of the molecule is CC[O][Sn]([CH2]CCC(F)(F)F)([CH2]CCC(F)(F)F)[O][Sn]([CH2]CCC(F)(F)F)([CH2]CCC(F)(F)F)[O]CC. The second kappa shape index (κ2) is 16.2. The van der Waals surface area contributed by atoms with Crippen molar-refractivity contribution < 1.29 is 60.2 Å². The summed E-state index contributed by atoms with van der Waals surface area (Å²) in [5, 5.41) is 0. The third kappa shape index (κ3) is 20.2. The van der Waals surface area contributed by atoms with E-state index in [9.17, 15) is 52.7 Å². The molecule has 0 aliphatic carbocycles. The van der Waals surface area contributed by atoms with Crippen molar-refractivity contribution in [1.82, 2.24) is 0 Å². The zero-order chi connectivity index (χ0) is 29.0. The van der Waals surface area contributed by atoms with Gasteiger partial charge in [-0.05, 0) is 0 Å². The van der Waals surface area contributed by atoms with Crippen LogP contribution in [0.1, 0.15) is 65.2 Å². The second-order valence-corrected chi connectivity index (χ2v) is 30.9. The molecule has 0 rings (SSSR count). The molecule has 0 unspecified atom stereocenters. The fourth-order valence-corrected chi connectivity index (χ4v) is 44.6. The molecule has 0 fully saturated rings. The van der Waals surface area contributed by atoms with Gasteiger partial charge in [0.15, 0.2) is 0 Å². The fourth-order valence-electron chi connectivity index (χ4n) is 3.90. The van der Waals surface area contributed by atoms with Crippen LogP contribution in [0, 0.1) is 0 Å². The first-order chi connectivity index (χ1) is 16.7. The summed E-state index contributed by atoms with van der Waals surface area (Å²) in [6, 6.07) is 0. The Balaban J connectivity index is 6.18.